The second-order valence-electron chi connectivity index (χ2n) is 8.01. The van der Waals surface area contributed by atoms with Gasteiger partial charge in [0.25, 0.3) is 5.91 Å². The zero-order valence-corrected chi connectivity index (χ0v) is 21.3. The minimum atomic E-state index is -3.59. The highest BCUT2D eigenvalue weighted by Gasteiger charge is 2.22. The first-order valence-electron chi connectivity index (χ1n) is 11.1. The Labute approximate surface area is 200 Å². The molecule has 0 aliphatic rings. The summed E-state index contributed by atoms with van der Waals surface area (Å²) in [5, 5.41) is 0. The van der Waals surface area contributed by atoms with Crippen molar-refractivity contribution in [2.75, 3.05) is 13.1 Å². The Balaban J connectivity index is 1.97. The molecule has 176 valence electrons. The van der Waals surface area contributed by atoms with E-state index < -0.39 is 15.9 Å². The highest BCUT2D eigenvalue weighted by Crippen LogP contribution is 2.24. The first kappa shape index (κ1) is 25.1. The van der Waals surface area contributed by atoms with E-state index in [-0.39, 0.29) is 4.90 Å². The summed E-state index contributed by atoms with van der Waals surface area (Å²) in [4.78, 5) is 18.1. The van der Waals surface area contributed by atoms with E-state index in [4.69, 9.17) is 0 Å². The molecule has 6 nitrogen and oxygen atoms in total. The number of hydrogen-bond donors (Lipinski definition) is 0. The van der Waals surface area contributed by atoms with E-state index in [2.05, 4.69) is 30.6 Å². The van der Waals surface area contributed by atoms with Crippen LogP contribution in [0.4, 0.5) is 0 Å². The molecule has 0 atom stereocenters. The smallest absolute Gasteiger partial charge is 0.279 e. The predicted molar refractivity (Wildman–Crippen MR) is 135 cm³/mol. The number of unbranched alkanes of at least 4 members (excludes halogenated alkanes) is 1. The van der Waals surface area contributed by atoms with Crippen LogP contribution in [0.25, 0.3) is 10.2 Å². The molecule has 0 spiro atoms. The lowest BCUT2D eigenvalue weighted by molar-refractivity contribution is 0.0997. The van der Waals surface area contributed by atoms with E-state index in [1.165, 1.54) is 39.9 Å². The van der Waals surface area contributed by atoms with Crippen LogP contribution in [-0.2, 0) is 16.6 Å². The lowest BCUT2D eigenvalue weighted by atomic mass is 10.1. The van der Waals surface area contributed by atoms with Crippen LogP contribution < -0.4 is 4.80 Å². The number of rotatable bonds is 9. The molecule has 0 bridgehead atoms. The molecule has 0 radical (unpaired) electrons. The molecular formula is C25H31N3O3S2. The predicted octanol–water partition coefficient (Wildman–Crippen LogP) is 5.06. The SMILES string of the molecule is C=CCn1c(=NC(=O)c2ccc(S(=O)(=O)N(CC)CCCC)cc2)sc2c(C)cc(C)cc21. The summed E-state index contributed by atoms with van der Waals surface area (Å²) in [6.45, 7) is 13.2. The molecule has 3 aromatic rings. The van der Waals surface area contributed by atoms with E-state index in [9.17, 15) is 13.2 Å². The van der Waals surface area contributed by atoms with Gasteiger partial charge in [-0.25, -0.2) is 8.42 Å². The minimum Gasteiger partial charge on any atom is -0.312 e. The molecule has 1 aromatic heterocycles. The summed E-state index contributed by atoms with van der Waals surface area (Å²) < 4.78 is 30.4. The average Bonchev–Trinajstić information content (AvgIpc) is 3.12. The van der Waals surface area contributed by atoms with Gasteiger partial charge in [0, 0.05) is 25.2 Å². The fraction of sp³-hybridized carbons (Fsp3) is 0.360. The molecule has 1 amide bonds. The molecule has 2 aromatic carbocycles. The maximum Gasteiger partial charge on any atom is 0.279 e. The van der Waals surface area contributed by atoms with Crippen molar-refractivity contribution < 1.29 is 13.2 Å². The quantitative estimate of drug-likeness (QED) is 0.398. The number of allylic oxidation sites excluding steroid dienone is 1. The van der Waals surface area contributed by atoms with E-state index in [0.29, 0.717) is 30.0 Å². The minimum absolute atomic E-state index is 0.187. The molecule has 0 saturated heterocycles. The topological polar surface area (TPSA) is 71.7 Å². The van der Waals surface area contributed by atoms with Gasteiger partial charge in [0.1, 0.15) is 0 Å². The third kappa shape index (κ3) is 5.34. The van der Waals surface area contributed by atoms with Crippen LogP contribution in [0, 0.1) is 13.8 Å². The number of sulfonamides is 1. The Bertz CT molecular complexity index is 1330. The molecule has 8 heteroatoms. The average molecular weight is 486 g/mol. The van der Waals surface area contributed by atoms with Crippen molar-refractivity contribution in [1.29, 1.82) is 0 Å². The Kier molecular flexibility index (Phi) is 8.05. The van der Waals surface area contributed by atoms with Gasteiger partial charge < -0.3 is 4.57 Å². The Morgan fingerprint density at radius 1 is 1.18 bits per heavy atom. The van der Waals surface area contributed by atoms with E-state index in [0.717, 1.165) is 34.2 Å². The number of thiazole rings is 1. The number of carbonyl (C=O) groups is 1. The molecule has 0 N–H and O–H groups in total. The molecule has 0 aliphatic heterocycles. The highest BCUT2D eigenvalue weighted by molar-refractivity contribution is 7.89. The standard InChI is InChI=1S/C25H31N3O3S2/c1-6-9-15-27(8-3)33(30,31)21-12-10-20(11-13-21)24(29)26-25-28(14-7-2)22-17-18(4)16-19(5)23(22)32-25/h7,10-13,16-17H,2,6,8-9,14-15H2,1,3-5H3. The fourth-order valence-corrected chi connectivity index (χ4v) is 6.33. The molecule has 0 saturated carbocycles. The monoisotopic (exact) mass is 485 g/mol. The van der Waals surface area contributed by atoms with Crippen molar-refractivity contribution in [3.8, 4) is 0 Å². The molecule has 1 heterocycles. The number of fused-ring (bicyclic) bond motifs is 1. The Morgan fingerprint density at radius 3 is 2.48 bits per heavy atom. The molecule has 3 rings (SSSR count). The Hall–Kier alpha value is -2.55. The molecule has 33 heavy (non-hydrogen) atoms. The third-order valence-corrected chi connectivity index (χ3v) is 8.69. The summed E-state index contributed by atoms with van der Waals surface area (Å²) >= 11 is 1.47. The largest absolute Gasteiger partial charge is 0.312 e. The van der Waals surface area contributed by atoms with Gasteiger partial charge in [-0.1, -0.05) is 43.7 Å². The van der Waals surface area contributed by atoms with Crippen molar-refractivity contribution in [1.82, 2.24) is 8.87 Å². The highest BCUT2D eigenvalue weighted by atomic mass is 32.2. The maximum atomic E-state index is 12.9. The fourth-order valence-electron chi connectivity index (χ4n) is 3.76. The summed E-state index contributed by atoms with van der Waals surface area (Å²) in [6, 6.07) is 10.2. The van der Waals surface area contributed by atoms with Crippen molar-refractivity contribution in [3.63, 3.8) is 0 Å². The second kappa shape index (κ2) is 10.6. The normalized spacial score (nSPS) is 12.6. The van der Waals surface area contributed by atoms with E-state index >= 15 is 0 Å². The number of hydrogen-bond acceptors (Lipinski definition) is 4. The van der Waals surface area contributed by atoms with Crippen molar-refractivity contribution in [2.24, 2.45) is 4.99 Å². The molecule has 0 aliphatic carbocycles. The number of benzene rings is 2. The number of nitrogens with zero attached hydrogens (tertiary/aromatic N) is 3. The first-order chi connectivity index (χ1) is 15.7. The van der Waals surface area contributed by atoms with Gasteiger partial charge >= 0.3 is 0 Å². The summed E-state index contributed by atoms with van der Waals surface area (Å²) in [6.07, 6.45) is 3.51. The molecular weight excluding hydrogens is 454 g/mol. The molecule has 0 fully saturated rings. The lowest BCUT2D eigenvalue weighted by Crippen LogP contribution is -2.31. The zero-order valence-electron chi connectivity index (χ0n) is 19.7. The van der Waals surface area contributed by atoms with Crippen LogP contribution in [0.15, 0.2) is 58.9 Å². The van der Waals surface area contributed by atoms with Crippen LogP contribution in [0.1, 0.15) is 48.2 Å². The van der Waals surface area contributed by atoms with Crippen LogP contribution in [0.5, 0.6) is 0 Å². The number of carbonyl (C=O) groups excluding carboxylic acids is 1. The zero-order chi connectivity index (χ0) is 24.2. The van der Waals surface area contributed by atoms with E-state index in [1.54, 1.807) is 6.08 Å². The lowest BCUT2D eigenvalue weighted by Gasteiger charge is -2.20. The van der Waals surface area contributed by atoms with Gasteiger partial charge in [-0.15, -0.1) is 6.58 Å². The summed E-state index contributed by atoms with van der Waals surface area (Å²) in [5.74, 6) is -0.406. The van der Waals surface area contributed by atoms with Crippen LogP contribution >= 0.6 is 11.3 Å². The van der Waals surface area contributed by atoms with Gasteiger partial charge in [0.05, 0.1) is 15.1 Å². The van der Waals surface area contributed by atoms with Crippen LogP contribution in [0.3, 0.4) is 0 Å². The van der Waals surface area contributed by atoms with Crippen molar-refractivity contribution in [2.45, 2.75) is 52.0 Å². The van der Waals surface area contributed by atoms with Gasteiger partial charge in [-0.3, -0.25) is 4.79 Å². The van der Waals surface area contributed by atoms with Crippen molar-refractivity contribution >= 4 is 37.5 Å². The summed E-state index contributed by atoms with van der Waals surface area (Å²) in [5.41, 5.74) is 3.66. The first-order valence-corrected chi connectivity index (χ1v) is 13.4. The second-order valence-corrected chi connectivity index (χ2v) is 10.9. The van der Waals surface area contributed by atoms with Gasteiger partial charge in [-0.05, 0) is 61.7 Å². The van der Waals surface area contributed by atoms with Gasteiger partial charge in [-0.2, -0.15) is 9.30 Å². The van der Waals surface area contributed by atoms with Crippen LogP contribution in [-0.4, -0.2) is 36.3 Å². The maximum absolute atomic E-state index is 12.9. The van der Waals surface area contributed by atoms with Gasteiger partial charge in [0.2, 0.25) is 10.0 Å². The Morgan fingerprint density at radius 2 is 1.88 bits per heavy atom. The number of aromatic nitrogens is 1. The number of aryl methyl sites for hydroxylation is 2. The van der Waals surface area contributed by atoms with Crippen LogP contribution in [0.2, 0.25) is 0 Å². The van der Waals surface area contributed by atoms with Gasteiger partial charge in [0.15, 0.2) is 4.80 Å². The third-order valence-electron chi connectivity index (χ3n) is 5.48. The molecule has 0 unspecified atom stereocenters. The number of amides is 1. The van der Waals surface area contributed by atoms with E-state index in [1.807, 2.05) is 25.3 Å². The van der Waals surface area contributed by atoms with Crippen molar-refractivity contribution in [3.05, 3.63) is 70.5 Å². The summed E-state index contributed by atoms with van der Waals surface area (Å²) in [7, 11) is -3.59.